The summed E-state index contributed by atoms with van der Waals surface area (Å²) in [5.41, 5.74) is 3.05. The van der Waals surface area contributed by atoms with Gasteiger partial charge in [0.15, 0.2) is 0 Å². The van der Waals surface area contributed by atoms with E-state index in [-0.39, 0.29) is 12.2 Å². The average Bonchev–Trinajstić information content (AvgIpc) is 2.33. The van der Waals surface area contributed by atoms with Gasteiger partial charge in [-0.15, -0.1) is 0 Å². The van der Waals surface area contributed by atoms with Crippen molar-refractivity contribution < 1.29 is 5.11 Å². The molecule has 0 spiro atoms. The van der Waals surface area contributed by atoms with Crippen LogP contribution in [0.3, 0.4) is 0 Å². The van der Waals surface area contributed by atoms with Crippen LogP contribution in [0.25, 0.3) is 0 Å². The Morgan fingerprint density at radius 3 is 2.12 bits per heavy atom. The fourth-order valence-electron chi connectivity index (χ4n) is 1.55. The fourth-order valence-corrected chi connectivity index (χ4v) is 1.55. The number of aliphatic hydroxyl groups is 1. The quantitative estimate of drug-likeness (QED) is 0.814. The van der Waals surface area contributed by atoms with Crippen LogP contribution in [0.2, 0.25) is 0 Å². The van der Waals surface area contributed by atoms with Gasteiger partial charge in [0.05, 0.1) is 6.61 Å². The summed E-state index contributed by atoms with van der Waals surface area (Å²) in [6, 6.07) is 11.1. The first kappa shape index (κ1) is 10.6. The van der Waals surface area contributed by atoms with Crippen LogP contribution in [-0.4, -0.2) is 10.1 Å². The Morgan fingerprint density at radius 1 is 0.938 bits per heavy atom. The molecule has 0 aliphatic rings. The highest BCUT2D eigenvalue weighted by atomic mass is 16.3. The zero-order valence-corrected chi connectivity index (χ0v) is 8.81. The van der Waals surface area contributed by atoms with E-state index in [1.54, 1.807) is 6.20 Å². The molecule has 2 rings (SSSR count). The molecule has 0 fully saturated rings. The van der Waals surface area contributed by atoms with E-state index >= 15 is 0 Å². The summed E-state index contributed by atoms with van der Waals surface area (Å²) < 4.78 is 0. The second-order valence-corrected chi connectivity index (χ2v) is 3.71. The summed E-state index contributed by atoms with van der Waals surface area (Å²) in [5, 5.41) is 8.91. The maximum Gasteiger partial charge on any atom is 0.247 e. The van der Waals surface area contributed by atoms with Crippen molar-refractivity contribution in [3.8, 4) is 0 Å². The SMILES string of the molecule is O=c1ccc(Cc2ccc(CO)cc2)c[nH]1. The first-order valence-electron chi connectivity index (χ1n) is 5.14. The lowest BCUT2D eigenvalue weighted by Gasteiger charge is -2.02. The summed E-state index contributed by atoms with van der Waals surface area (Å²) in [6.07, 6.45) is 2.50. The Balaban J connectivity index is 2.14. The number of aliphatic hydroxyl groups excluding tert-OH is 1. The number of pyridine rings is 1. The molecule has 2 aromatic rings. The van der Waals surface area contributed by atoms with Gasteiger partial charge in [0.1, 0.15) is 0 Å². The molecule has 0 amide bonds. The van der Waals surface area contributed by atoms with Crippen LogP contribution in [-0.2, 0) is 13.0 Å². The van der Waals surface area contributed by atoms with Gasteiger partial charge in [0, 0.05) is 12.3 Å². The number of aromatic nitrogens is 1. The summed E-state index contributed by atoms with van der Waals surface area (Å²) in [6.45, 7) is 0.0684. The zero-order valence-electron chi connectivity index (χ0n) is 8.81. The van der Waals surface area contributed by atoms with E-state index in [0.717, 1.165) is 23.1 Å². The second-order valence-electron chi connectivity index (χ2n) is 3.71. The molecule has 1 heterocycles. The van der Waals surface area contributed by atoms with Crippen LogP contribution in [0.1, 0.15) is 16.7 Å². The molecule has 0 aliphatic carbocycles. The third-order valence-electron chi connectivity index (χ3n) is 2.46. The molecule has 0 radical (unpaired) electrons. The lowest BCUT2D eigenvalue weighted by atomic mass is 10.1. The van der Waals surface area contributed by atoms with Crippen LogP contribution in [0.5, 0.6) is 0 Å². The van der Waals surface area contributed by atoms with Crippen LogP contribution in [0.4, 0.5) is 0 Å². The number of benzene rings is 1. The van der Waals surface area contributed by atoms with Crippen LogP contribution in [0.15, 0.2) is 47.4 Å². The van der Waals surface area contributed by atoms with E-state index in [9.17, 15) is 4.79 Å². The van der Waals surface area contributed by atoms with Crippen molar-refractivity contribution in [3.63, 3.8) is 0 Å². The predicted octanol–water partition coefficient (Wildman–Crippen LogP) is 1.46. The number of hydrogen-bond acceptors (Lipinski definition) is 2. The van der Waals surface area contributed by atoms with Crippen LogP contribution in [0, 0.1) is 0 Å². The zero-order chi connectivity index (χ0) is 11.4. The molecular formula is C13H13NO2. The Morgan fingerprint density at radius 2 is 1.56 bits per heavy atom. The minimum atomic E-state index is -0.0839. The molecule has 0 bridgehead atoms. The summed E-state index contributed by atoms with van der Waals surface area (Å²) in [5.74, 6) is 0. The Labute approximate surface area is 93.4 Å². The number of hydrogen-bond donors (Lipinski definition) is 2. The lowest BCUT2D eigenvalue weighted by Crippen LogP contribution is -2.03. The van der Waals surface area contributed by atoms with Gasteiger partial charge in [0.25, 0.3) is 0 Å². The second kappa shape index (κ2) is 4.77. The van der Waals surface area contributed by atoms with Gasteiger partial charge in [-0.05, 0) is 23.1 Å². The largest absolute Gasteiger partial charge is 0.392 e. The van der Waals surface area contributed by atoms with Gasteiger partial charge >= 0.3 is 0 Å². The fraction of sp³-hybridized carbons (Fsp3) is 0.154. The Kier molecular flexibility index (Phi) is 3.17. The normalized spacial score (nSPS) is 10.3. The monoisotopic (exact) mass is 215 g/mol. The van der Waals surface area contributed by atoms with Crippen molar-refractivity contribution in [2.45, 2.75) is 13.0 Å². The molecule has 1 aromatic carbocycles. The number of rotatable bonds is 3. The molecule has 0 atom stereocenters. The molecular weight excluding hydrogens is 202 g/mol. The Bertz CT molecular complexity index is 494. The van der Waals surface area contributed by atoms with Gasteiger partial charge in [-0.2, -0.15) is 0 Å². The van der Waals surface area contributed by atoms with Gasteiger partial charge in [0.2, 0.25) is 5.56 Å². The smallest absolute Gasteiger partial charge is 0.247 e. The number of nitrogens with one attached hydrogen (secondary N) is 1. The summed E-state index contributed by atoms with van der Waals surface area (Å²) in [4.78, 5) is 13.5. The number of aromatic amines is 1. The van der Waals surface area contributed by atoms with E-state index in [4.69, 9.17) is 5.11 Å². The molecule has 0 aliphatic heterocycles. The highest BCUT2D eigenvalue weighted by molar-refractivity contribution is 5.27. The minimum absolute atomic E-state index is 0.0684. The lowest BCUT2D eigenvalue weighted by molar-refractivity contribution is 0.282. The van der Waals surface area contributed by atoms with Gasteiger partial charge < -0.3 is 10.1 Å². The first-order chi connectivity index (χ1) is 7.78. The molecule has 2 N–H and O–H groups in total. The van der Waals surface area contributed by atoms with Crippen molar-refractivity contribution in [3.05, 3.63) is 69.6 Å². The van der Waals surface area contributed by atoms with Gasteiger partial charge in [-0.25, -0.2) is 0 Å². The topological polar surface area (TPSA) is 53.1 Å². The predicted molar refractivity (Wildman–Crippen MR) is 62.2 cm³/mol. The molecule has 1 aromatic heterocycles. The highest BCUT2D eigenvalue weighted by Crippen LogP contribution is 2.09. The minimum Gasteiger partial charge on any atom is -0.392 e. The van der Waals surface area contributed by atoms with Crippen molar-refractivity contribution in [2.24, 2.45) is 0 Å². The molecule has 0 unspecified atom stereocenters. The summed E-state index contributed by atoms with van der Waals surface area (Å²) in [7, 11) is 0. The van der Waals surface area contributed by atoms with E-state index in [2.05, 4.69) is 4.98 Å². The molecule has 82 valence electrons. The average molecular weight is 215 g/mol. The van der Waals surface area contributed by atoms with Crippen molar-refractivity contribution in [1.82, 2.24) is 4.98 Å². The first-order valence-corrected chi connectivity index (χ1v) is 5.14. The van der Waals surface area contributed by atoms with Crippen molar-refractivity contribution in [1.29, 1.82) is 0 Å². The third kappa shape index (κ3) is 2.58. The molecule has 0 saturated heterocycles. The molecule has 0 saturated carbocycles. The van der Waals surface area contributed by atoms with Crippen molar-refractivity contribution >= 4 is 0 Å². The maximum atomic E-state index is 10.9. The van der Waals surface area contributed by atoms with Gasteiger partial charge in [-0.1, -0.05) is 30.3 Å². The van der Waals surface area contributed by atoms with E-state index < -0.39 is 0 Å². The van der Waals surface area contributed by atoms with Crippen molar-refractivity contribution in [2.75, 3.05) is 0 Å². The molecule has 3 nitrogen and oxygen atoms in total. The standard InChI is InChI=1S/C13H13NO2/c15-9-11-3-1-10(2-4-11)7-12-5-6-13(16)14-8-12/h1-6,8,15H,7,9H2,(H,14,16). The molecule has 3 heteroatoms. The highest BCUT2D eigenvalue weighted by Gasteiger charge is 1.97. The summed E-state index contributed by atoms with van der Waals surface area (Å²) >= 11 is 0. The Hall–Kier alpha value is -1.87. The van der Waals surface area contributed by atoms with Crippen LogP contribution < -0.4 is 5.56 Å². The van der Waals surface area contributed by atoms with E-state index in [0.29, 0.717) is 0 Å². The van der Waals surface area contributed by atoms with E-state index in [1.165, 1.54) is 6.07 Å². The maximum absolute atomic E-state index is 10.9. The molecule has 16 heavy (non-hydrogen) atoms. The number of H-pyrrole nitrogens is 1. The third-order valence-corrected chi connectivity index (χ3v) is 2.46. The van der Waals surface area contributed by atoms with Gasteiger partial charge in [-0.3, -0.25) is 4.79 Å². The van der Waals surface area contributed by atoms with E-state index in [1.807, 2.05) is 30.3 Å². The van der Waals surface area contributed by atoms with Crippen LogP contribution >= 0.6 is 0 Å².